The van der Waals surface area contributed by atoms with Gasteiger partial charge in [-0.25, -0.2) is 21.1 Å². The Labute approximate surface area is 171 Å². The van der Waals surface area contributed by atoms with Crippen molar-refractivity contribution in [3.8, 4) is 0 Å². The van der Waals surface area contributed by atoms with Crippen LogP contribution in [-0.4, -0.2) is 28.5 Å². The number of benzene rings is 2. The van der Waals surface area contributed by atoms with E-state index in [0.717, 1.165) is 15.4 Å². The van der Waals surface area contributed by atoms with E-state index < -0.39 is 31.9 Å². The molecular formula is C20H24N2O5S2. The molecule has 0 aliphatic carbocycles. The number of sulfonamides is 2. The molecular weight excluding hydrogens is 412 g/mol. The molecule has 1 amide bonds. The molecule has 3 rings (SSSR count). The zero-order chi connectivity index (χ0) is 21.6. The summed E-state index contributed by atoms with van der Waals surface area (Å²) in [5.41, 5.74) is 2.36. The predicted molar refractivity (Wildman–Crippen MR) is 113 cm³/mol. The van der Waals surface area contributed by atoms with E-state index in [2.05, 4.69) is 4.72 Å². The van der Waals surface area contributed by atoms with E-state index in [-0.39, 0.29) is 22.3 Å². The lowest BCUT2D eigenvalue weighted by Gasteiger charge is -2.18. The molecule has 7 nitrogen and oxygen atoms in total. The Morgan fingerprint density at radius 3 is 2.24 bits per heavy atom. The Morgan fingerprint density at radius 2 is 1.72 bits per heavy atom. The number of carbonyl (C=O) groups is 1. The SMILES string of the molecule is Cc1cccc(C(C)C)c1NS(=O)(=O)c1ccc(N2C(=O)C(C)CS2(=O)=O)cc1. The second-order valence-corrected chi connectivity index (χ2v) is 11.1. The van der Waals surface area contributed by atoms with E-state index in [1.54, 1.807) is 6.92 Å². The van der Waals surface area contributed by atoms with E-state index >= 15 is 0 Å². The molecule has 0 saturated carbocycles. The van der Waals surface area contributed by atoms with Gasteiger partial charge in [-0.3, -0.25) is 9.52 Å². The number of rotatable bonds is 5. The zero-order valence-corrected chi connectivity index (χ0v) is 18.3. The van der Waals surface area contributed by atoms with E-state index in [9.17, 15) is 21.6 Å². The Hall–Kier alpha value is -2.39. The van der Waals surface area contributed by atoms with Crippen LogP contribution in [0, 0.1) is 12.8 Å². The molecule has 2 aromatic carbocycles. The first-order chi connectivity index (χ1) is 13.4. The van der Waals surface area contributed by atoms with Gasteiger partial charge in [0.25, 0.3) is 10.0 Å². The highest BCUT2D eigenvalue weighted by molar-refractivity contribution is 7.94. The number of aryl methyl sites for hydroxylation is 1. The summed E-state index contributed by atoms with van der Waals surface area (Å²) >= 11 is 0. The van der Waals surface area contributed by atoms with Gasteiger partial charge in [0.1, 0.15) is 0 Å². The summed E-state index contributed by atoms with van der Waals surface area (Å²) in [4.78, 5) is 12.2. The second-order valence-electron chi connectivity index (χ2n) is 7.58. The number of hydrogen-bond acceptors (Lipinski definition) is 5. The number of hydrogen-bond donors (Lipinski definition) is 1. The number of anilines is 2. The fourth-order valence-corrected chi connectivity index (χ4v) is 6.33. The normalized spacial score (nSPS) is 19.0. The van der Waals surface area contributed by atoms with Gasteiger partial charge in [-0.05, 0) is 48.2 Å². The molecule has 1 unspecified atom stereocenters. The van der Waals surface area contributed by atoms with Crippen LogP contribution in [-0.2, 0) is 24.8 Å². The first-order valence-electron chi connectivity index (χ1n) is 9.23. The Morgan fingerprint density at radius 1 is 1.10 bits per heavy atom. The van der Waals surface area contributed by atoms with Crippen LogP contribution in [0.2, 0.25) is 0 Å². The van der Waals surface area contributed by atoms with Gasteiger partial charge in [0.05, 0.1) is 27.9 Å². The lowest BCUT2D eigenvalue weighted by atomic mass is 9.99. The third-order valence-corrected chi connectivity index (χ3v) is 8.14. The van der Waals surface area contributed by atoms with Gasteiger partial charge < -0.3 is 0 Å². The van der Waals surface area contributed by atoms with Crippen LogP contribution < -0.4 is 9.03 Å². The first kappa shape index (κ1) is 21.3. The summed E-state index contributed by atoms with van der Waals surface area (Å²) in [6.45, 7) is 7.35. The summed E-state index contributed by atoms with van der Waals surface area (Å²) in [5, 5.41) is 0. The molecule has 0 aromatic heterocycles. The van der Waals surface area contributed by atoms with Gasteiger partial charge in [0.2, 0.25) is 15.9 Å². The van der Waals surface area contributed by atoms with E-state index in [0.29, 0.717) is 5.69 Å². The minimum absolute atomic E-state index is 0.0173. The average Bonchev–Trinajstić information content (AvgIpc) is 2.83. The highest BCUT2D eigenvalue weighted by atomic mass is 32.2. The highest BCUT2D eigenvalue weighted by Crippen LogP contribution is 2.31. The summed E-state index contributed by atoms with van der Waals surface area (Å²) in [5.74, 6) is -1.26. The maximum absolute atomic E-state index is 12.9. The number of para-hydroxylation sites is 1. The van der Waals surface area contributed by atoms with Crippen molar-refractivity contribution in [2.24, 2.45) is 5.92 Å². The van der Waals surface area contributed by atoms with Gasteiger partial charge in [-0.1, -0.05) is 39.0 Å². The fourth-order valence-electron chi connectivity index (χ4n) is 3.35. The molecule has 0 spiro atoms. The molecule has 156 valence electrons. The maximum atomic E-state index is 12.9. The van der Waals surface area contributed by atoms with Crippen LogP contribution in [0.15, 0.2) is 47.4 Å². The minimum Gasteiger partial charge on any atom is -0.279 e. The molecule has 1 atom stereocenters. The van der Waals surface area contributed by atoms with Crippen LogP contribution in [0.3, 0.4) is 0 Å². The van der Waals surface area contributed by atoms with Crippen molar-refractivity contribution >= 4 is 37.3 Å². The van der Waals surface area contributed by atoms with Crippen LogP contribution in [0.5, 0.6) is 0 Å². The van der Waals surface area contributed by atoms with Gasteiger partial charge in [-0.15, -0.1) is 0 Å². The molecule has 1 N–H and O–H groups in total. The molecule has 1 fully saturated rings. The van der Waals surface area contributed by atoms with E-state index in [4.69, 9.17) is 0 Å². The second kappa shape index (κ2) is 7.46. The Bertz CT molecular complexity index is 1150. The zero-order valence-electron chi connectivity index (χ0n) is 16.7. The number of amides is 1. The molecule has 29 heavy (non-hydrogen) atoms. The summed E-state index contributed by atoms with van der Waals surface area (Å²) in [6.07, 6.45) is 0. The smallest absolute Gasteiger partial charge is 0.261 e. The van der Waals surface area contributed by atoms with E-state index in [1.807, 2.05) is 39.0 Å². The number of nitrogens with zero attached hydrogens (tertiary/aromatic N) is 1. The van der Waals surface area contributed by atoms with Crippen molar-refractivity contribution in [1.82, 2.24) is 0 Å². The van der Waals surface area contributed by atoms with Crippen molar-refractivity contribution in [3.05, 3.63) is 53.6 Å². The van der Waals surface area contributed by atoms with Crippen molar-refractivity contribution in [2.75, 3.05) is 14.8 Å². The quantitative estimate of drug-likeness (QED) is 0.775. The van der Waals surface area contributed by atoms with Crippen LogP contribution in [0.4, 0.5) is 11.4 Å². The Kier molecular flexibility index (Phi) is 5.48. The van der Waals surface area contributed by atoms with Crippen LogP contribution in [0.25, 0.3) is 0 Å². The molecule has 0 radical (unpaired) electrons. The minimum atomic E-state index is -3.89. The third-order valence-electron chi connectivity index (χ3n) is 4.91. The van der Waals surface area contributed by atoms with Crippen molar-refractivity contribution in [1.29, 1.82) is 0 Å². The van der Waals surface area contributed by atoms with Crippen LogP contribution in [0.1, 0.15) is 37.8 Å². The third kappa shape index (κ3) is 4.02. The van der Waals surface area contributed by atoms with Gasteiger partial charge >= 0.3 is 0 Å². The van der Waals surface area contributed by atoms with Gasteiger partial charge in [0.15, 0.2) is 0 Å². The Balaban J connectivity index is 1.94. The molecule has 1 heterocycles. The molecule has 1 aliphatic rings. The summed E-state index contributed by atoms with van der Waals surface area (Å²) in [6, 6.07) is 10.9. The van der Waals surface area contributed by atoms with Crippen LogP contribution >= 0.6 is 0 Å². The van der Waals surface area contributed by atoms with Crippen molar-refractivity contribution in [2.45, 2.75) is 38.5 Å². The fraction of sp³-hybridized carbons (Fsp3) is 0.350. The number of carbonyl (C=O) groups excluding carboxylic acids is 1. The highest BCUT2D eigenvalue weighted by Gasteiger charge is 2.42. The summed E-state index contributed by atoms with van der Waals surface area (Å²) in [7, 11) is -7.63. The molecule has 0 bridgehead atoms. The average molecular weight is 437 g/mol. The topological polar surface area (TPSA) is 101 Å². The monoisotopic (exact) mass is 436 g/mol. The van der Waals surface area contributed by atoms with Gasteiger partial charge in [0, 0.05) is 0 Å². The van der Waals surface area contributed by atoms with Crippen molar-refractivity contribution < 1.29 is 21.6 Å². The lowest BCUT2D eigenvalue weighted by molar-refractivity contribution is -0.119. The summed E-state index contributed by atoms with van der Waals surface area (Å²) < 4.78 is 53.6. The largest absolute Gasteiger partial charge is 0.279 e. The maximum Gasteiger partial charge on any atom is 0.261 e. The number of nitrogens with one attached hydrogen (secondary N) is 1. The van der Waals surface area contributed by atoms with Gasteiger partial charge in [-0.2, -0.15) is 0 Å². The molecule has 1 saturated heterocycles. The standard InChI is InChI=1S/C20H24N2O5S2/c1-13(2)18-7-5-6-14(3)19(18)21-29(26,27)17-10-8-16(9-11-17)22-20(23)15(4)12-28(22,24)25/h5-11,13,15,21H,12H2,1-4H3. The van der Waals surface area contributed by atoms with E-state index in [1.165, 1.54) is 24.3 Å². The van der Waals surface area contributed by atoms with Crippen molar-refractivity contribution in [3.63, 3.8) is 0 Å². The lowest BCUT2D eigenvalue weighted by Crippen LogP contribution is -2.30. The first-order valence-corrected chi connectivity index (χ1v) is 12.3. The predicted octanol–water partition coefficient (Wildman–Crippen LogP) is 3.23. The molecule has 1 aliphatic heterocycles. The molecule has 9 heteroatoms. The molecule has 2 aromatic rings.